The van der Waals surface area contributed by atoms with Crippen molar-refractivity contribution in [2.75, 3.05) is 13.1 Å². The van der Waals surface area contributed by atoms with Crippen LogP contribution in [0.4, 0.5) is 0 Å². The fraction of sp³-hybridized carbons (Fsp3) is 0.300. The molecule has 0 aliphatic carbocycles. The molecule has 25 heavy (non-hydrogen) atoms. The number of aromatic amines is 1. The van der Waals surface area contributed by atoms with E-state index in [0.717, 1.165) is 12.8 Å². The Bertz CT molecular complexity index is 924. The van der Waals surface area contributed by atoms with Crippen molar-refractivity contribution < 1.29 is 9.52 Å². The lowest BCUT2D eigenvalue weighted by Crippen LogP contribution is -2.44. The van der Waals surface area contributed by atoms with Crippen molar-refractivity contribution in [1.29, 1.82) is 0 Å². The number of fused-ring (bicyclic) bond motifs is 1. The number of nitrogens with zero attached hydrogens (tertiary/aromatic N) is 2. The summed E-state index contributed by atoms with van der Waals surface area (Å²) in [6.45, 7) is 3.48. The van der Waals surface area contributed by atoms with Gasteiger partial charge in [-0.2, -0.15) is 4.73 Å². The van der Waals surface area contributed by atoms with Crippen molar-refractivity contribution in [2.45, 2.75) is 25.7 Å². The Labute approximate surface area is 146 Å². The van der Waals surface area contributed by atoms with Crippen LogP contribution < -0.4 is 4.73 Å². The highest BCUT2D eigenvalue weighted by molar-refractivity contribution is 5.91. The van der Waals surface area contributed by atoms with Gasteiger partial charge in [0.15, 0.2) is 6.20 Å². The van der Waals surface area contributed by atoms with Crippen LogP contribution in [0.25, 0.3) is 10.9 Å². The topological polar surface area (TPSA) is 63.0 Å². The molecule has 4 rings (SSSR count). The van der Waals surface area contributed by atoms with Gasteiger partial charge in [-0.1, -0.05) is 18.2 Å². The Morgan fingerprint density at radius 3 is 2.64 bits per heavy atom. The molecule has 3 heterocycles. The largest absolute Gasteiger partial charge is 0.618 e. The highest BCUT2D eigenvalue weighted by atomic mass is 16.5. The number of H-pyrrole nitrogens is 1. The molecule has 3 aromatic rings. The number of piperidine rings is 1. The molecule has 0 atom stereocenters. The fourth-order valence-corrected chi connectivity index (χ4v) is 3.95. The van der Waals surface area contributed by atoms with E-state index in [0.29, 0.717) is 23.7 Å². The number of amides is 1. The lowest BCUT2D eigenvalue weighted by molar-refractivity contribution is -0.608. The minimum absolute atomic E-state index is 0.176. The maximum absolute atomic E-state index is 12.6. The molecule has 1 N–H and O–H groups in total. The van der Waals surface area contributed by atoms with Crippen molar-refractivity contribution >= 4 is 16.8 Å². The van der Waals surface area contributed by atoms with E-state index in [1.54, 1.807) is 23.1 Å². The van der Waals surface area contributed by atoms with Crippen LogP contribution in [0.5, 0.6) is 0 Å². The first-order chi connectivity index (χ1) is 12.1. The molecule has 128 valence electrons. The Morgan fingerprint density at radius 2 is 1.88 bits per heavy atom. The number of nitrogens with one attached hydrogen (secondary N) is 1. The molecule has 0 spiro atoms. The number of pyridine rings is 1. The van der Waals surface area contributed by atoms with E-state index in [-0.39, 0.29) is 11.6 Å². The molecule has 1 saturated heterocycles. The minimum Gasteiger partial charge on any atom is -0.618 e. The Morgan fingerprint density at radius 1 is 1.16 bits per heavy atom. The molecule has 2 aromatic heterocycles. The predicted molar refractivity (Wildman–Crippen MR) is 96.3 cm³/mol. The third-order valence-corrected chi connectivity index (χ3v) is 5.18. The quantitative estimate of drug-likeness (QED) is 0.578. The number of rotatable bonds is 2. The summed E-state index contributed by atoms with van der Waals surface area (Å²) in [5, 5.41) is 13.1. The van der Waals surface area contributed by atoms with E-state index < -0.39 is 0 Å². The summed E-state index contributed by atoms with van der Waals surface area (Å²) in [6, 6.07) is 13.3. The van der Waals surface area contributed by atoms with E-state index in [4.69, 9.17) is 0 Å². The van der Waals surface area contributed by atoms with Gasteiger partial charge >= 0.3 is 5.91 Å². The second kappa shape index (κ2) is 6.24. The third kappa shape index (κ3) is 2.76. The van der Waals surface area contributed by atoms with Crippen LogP contribution in [0.1, 0.15) is 40.5 Å². The van der Waals surface area contributed by atoms with Crippen LogP contribution in [-0.2, 0) is 0 Å². The molecule has 1 fully saturated rings. The third-order valence-electron chi connectivity index (χ3n) is 5.18. The standard InChI is InChI=1S/C20H21N3O2/c1-14-19(16-6-2-3-7-17(16)21-14)15-9-12-22(13-10-15)20(24)18-8-4-5-11-23(18)25/h2-8,11,15,21H,9-10,12-13H2,1H3. The first-order valence-corrected chi connectivity index (χ1v) is 8.70. The van der Waals surface area contributed by atoms with Gasteiger partial charge in [0.1, 0.15) is 0 Å². The fourth-order valence-electron chi connectivity index (χ4n) is 3.95. The zero-order chi connectivity index (χ0) is 17.4. The molecule has 5 heteroatoms. The highest BCUT2D eigenvalue weighted by Gasteiger charge is 2.29. The van der Waals surface area contributed by atoms with Gasteiger partial charge in [0.2, 0.25) is 0 Å². The average Bonchev–Trinajstić information content (AvgIpc) is 2.97. The predicted octanol–water partition coefficient (Wildman–Crippen LogP) is 3.13. The van der Waals surface area contributed by atoms with Crippen molar-refractivity contribution in [2.24, 2.45) is 0 Å². The maximum Gasteiger partial charge on any atom is 0.319 e. The molecule has 1 aromatic carbocycles. The molecule has 1 aliphatic heterocycles. The number of hydrogen-bond acceptors (Lipinski definition) is 2. The summed E-state index contributed by atoms with van der Waals surface area (Å²) >= 11 is 0. The molecule has 0 bridgehead atoms. The van der Waals surface area contributed by atoms with E-state index >= 15 is 0 Å². The number of carbonyl (C=O) groups excluding carboxylic acids is 1. The number of benzene rings is 1. The zero-order valence-electron chi connectivity index (χ0n) is 14.2. The SMILES string of the molecule is Cc1[nH]c2ccccc2c1C1CCN(C(=O)c2cccc[n+]2[O-])CC1. The Kier molecular flexibility index (Phi) is 3.92. The van der Waals surface area contributed by atoms with Crippen LogP contribution in [0.2, 0.25) is 0 Å². The number of hydrogen-bond donors (Lipinski definition) is 1. The summed E-state index contributed by atoms with van der Waals surface area (Å²) in [4.78, 5) is 17.9. The first kappa shape index (κ1) is 15.7. The van der Waals surface area contributed by atoms with E-state index in [2.05, 4.69) is 30.1 Å². The van der Waals surface area contributed by atoms with Crippen LogP contribution >= 0.6 is 0 Å². The number of aryl methyl sites for hydroxylation is 1. The van der Waals surface area contributed by atoms with Gasteiger partial charge in [-0.3, -0.25) is 4.79 Å². The normalized spacial score (nSPS) is 15.6. The summed E-state index contributed by atoms with van der Waals surface area (Å²) in [5.41, 5.74) is 3.96. The molecule has 5 nitrogen and oxygen atoms in total. The van der Waals surface area contributed by atoms with Crippen molar-refractivity contribution in [3.8, 4) is 0 Å². The highest BCUT2D eigenvalue weighted by Crippen LogP contribution is 2.35. The molecular weight excluding hydrogens is 314 g/mol. The van der Waals surface area contributed by atoms with Gasteiger partial charge in [0.05, 0.1) is 0 Å². The first-order valence-electron chi connectivity index (χ1n) is 8.70. The van der Waals surface area contributed by atoms with Gasteiger partial charge in [-0.15, -0.1) is 0 Å². The van der Waals surface area contributed by atoms with Gasteiger partial charge in [-0.25, -0.2) is 0 Å². The number of para-hydroxylation sites is 1. The number of likely N-dealkylation sites (tertiary alicyclic amines) is 1. The van der Waals surface area contributed by atoms with Crippen LogP contribution in [-0.4, -0.2) is 28.9 Å². The van der Waals surface area contributed by atoms with Crippen LogP contribution in [0, 0.1) is 12.1 Å². The number of aromatic nitrogens is 2. The van der Waals surface area contributed by atoms with Gasteiger partial charge in [-0.05, 0) is 43.4 Å². The van der Waals surface area contributed by atoms with Crippen LogP contribution in [0.3, 0.4) is 0 Å². The summed E-state index contributed by atoms with van der Waals surface area (Å²) in [5.74, 6) is 0.264. The molecule has 1 amide bonds. The average molecular weight is 335 g/mol. The molecular formula is C20H21N3O2. The summed E-state index contributed by atoms with van der Waals surface area (Å²) < 4.78 is 0.651. The minimum atomic E-state index is -0.176. The Hall–Kier alpha value is -2.82. The molecule has 1 aliphatic rings. The molecule has 0 saturated carbocycles. The maximum atomic E-state index is 12.6. The summed E-state index contributed by atoms with van der Waals surface area (Å²) in [6.07, 6.45) is 3.20. The van der Waals surface area contributed by atoms with Gasteiger partial charge in [0, 0.05) is 41.8 Å². The monoisotopic (exact) mass is 335 g/mol. The Balaban J connectivity index is 1.53. The van der Waals surface area contributed by atoms with E-state index in [1.165, 1.54) is 28.4 Å². The molecule has 0 unspecified atom stereocenters. The lowest BCUT2D eigenvalue weighted by Gasteiger charge is -2.31. The van der Waals surface area contributed by atoms with Crippen molar-refractivity contribution in [3.63, 3.8) is 0 Å². The van der Waals surface area contributed by atoms with Crippen molar-refractivity contribution in [3.05, 3.63) is 70.8 Å². The van der Waals surface area contributed by atoms with Gasteiger partial charge in [0.25, 0.3) is 5.69 Å². The molecule has 0 radical (unpaired) electrons. The smallest absolute Gasteiger partial charge is 0.319 e. The van der Waals surface area contributed by atoms with Gasteiger partial charge < -0.3 is 15.1 Å². The van der Waals surface area contributed by atoms with E-state index in [1.807, 2.05) is 6.07 Å². The van der Waals surface area contributed by atoms with E-state index in [9.17, 15) is 10.0 Å². The van der Waals surface area contributed by atoms with Crippen LogP contribution in [0.15, 0.2) is 48.7 Å². The lowest BCUT2D eigenvalue weighted by atomic mass is 9.87. The second-order valence-electron chi connectivity index (χ2n) is 6.69. The second-order valence-corrected chi connectivity index (χ2v) is 6.69. The number of carbonyl (C=O) groups is 1. The zero-order valence-corrected chi connectivity index (χ0v) is 14.2. The van der Waals surface area contributed by atoms with Crippen molar-refractivity contribution in [1.82, 2.24) is 9.88 Å². The summed E-state index contributed by atoms with van der Waals surface area (Å²) in [7, 11) is 0.